The number of anilines is 1. The summed E-state index contributed by atoms with van der Waals surface area (Å²) in [5, 5.41) is 3.54. The third-order valence-electron chi connectivity index (χ3n) is 3.09. The van der Waals surface area contributed by atoms with Crippen molar-refractivity contribution in [3.63, 3.8) is 0 Å². The first-order valence-electron chi connectivity index (χ1n) is 5.91. The maximum atomic E-state index is 12.8. The van der Waals surface area contributed by atoms with Crippen LogP contribution in [-0.4, -0.2) is 25.2 Å². The highest BCUT2D eigenvalue weighted by atomic mass is 19.1. The van der Waals surface area contributed by atoms with Gasteiger partial charge in [-0.2, -0.15) is 0 Å². The fourth-order valence-corrected chi connectivity index (χ4v) is 2.28. The molecule has 0 saturated carbocycles. The van der Waals surface area contributed by atoms with Crippen LogP contribution in [-0.2, 0) is 0 Å². The molecule has 2 atom stereocenters. The smallest absolute Gasteiger partial charge is 0.123 e. The molecule has 3 heteroatoms. The van der Waals surface area contributed by atoms with Crippen molar-refractivity contribution in [3.05, 3.63) is 30.1 Å². The predicted octanol–water partition coefficient (Wildman–Crippen LogP) is 2.40. The van der Waals surface area contributed by atoms with E-state index >= 15 is 0 Å². The van der Waals surface area contributed by atoms with Gasteiger partial charge in [-0.15, -0.1) is 0 Å². The summed E-state index contributed by atoms with van der Waals surface area (Å²) in [5.41, 5.74) is 1.11. The van der Waals surface area contributed by atoms with E-state index < -0.39 is 0 Å². The molecule has 2 nitrogen and oxygen atoms in total. The van der Waals surface area contributed by atoms with E-state index in [1.165, 1.54) is 12.1 Å². The van der Waals surface area contributed by atoms with Gasteiger partial charge in [0.1, 0.15) is 5.82 Å². The Morgan fingerprint density at radius 1 is 1.19 bits per heavy atom. The third kappa shape index (κ3) is 2.73. The molecule has 1 heterocycles. The molecule has 88 valence electrons. The van der Waals surface area contributed by atoms with Gasteiger partial charge < -0.3 is 10.2 Å². The van der Waals surface area contributed by atoms with Crippen molar-refractivity contribution in [1.29, 1.82) is 0 Å². The maximum absolute atomic E-state index is 12.8. The van der Waals surface area contributed by atoms with Gasteiger partial charge in [0, 0.05) is 30.9 Å². The van der Waals surface area contributed by atoms with Crippen LogP contribution in [0.4, 0.5) is 10.1 Å². The van der Waals surface area contributed by atoms with Gasteiger partial charge in [-0.1, -0.05) is 0 Å². The molecule has 1 aromatic carbocycles. The molecule has 0 spiro atoms. The number of hydrogen-bond acceptors (Lipinski definition) is 2. The van der Waals surface area contributed by atoms with Crippen LogP contribution in [0.2, 0.25) is 0 Å². The van der Waals surface area contributed by atoms with E-state index in [4.69, 9.17) is 0 Å². The largest absolute Gasteiger partial charge is 0.370 e. The first-order valence-corrected chi connectivity index (χ1v) is 5.91. The molecule has 1 fully saturated rings. The minimum atomic E-state index is -0.168. The lowest BCUT2D eigenvalue weighted by Gasteiger charge is -2.24. The molecule has 0 bridgehead atoms. The van der Waals surface area contributed by atoms with E-state index in [-0.39, 0.29) is 5.82 Å². The van der Waals surface area contributed by atoms with E-state index in [2.05, 4.69) is 24.1 Å². The topological polar surface area (TPSA) is 15.3 Å². The van der Waals surface area contributed by atoms with Gasteiger partial charge in [0.2, 0.25) is 0 Å². The average molecular weight is 222 g/mol. The fraction of sp³-hybridized carbons (Fsp3) is 0.538. The van der Waals surface area contributed by atoms with Crippen molar-refractivity contribution in [2.75, 3.05) is 18.0 Å². The number of hydrogen-bond donors (Lipinski definition) is 1. The van der Waals surface area contributed by atoms with Crippen LogP contribution in [0.15, 0.2) is 24.3 Å². The van der Waals surface area contributed by atoms with Crippen molar-refractivity contribution in [1.82, 2.24) is 5.32 Å². The summed E-state index contributed by atoms with van der Waals surface area (Å²) in [6, 6.07) is 7.81. The quantitative estimate of drug-likeness (QED) is 0.785. The summed E-state index contributed by atoms with van der Waals surface area (Å²) < 4.78 is 12.8. The van der Waals surface area contributed by atoms with E-state index in [1.54, 1.807) is 0 Å². The summed E-state index contributed by atoms with van der Waals surface area (Å²) >= 11 is 0. The van der Waals surface area contributed by atoms with Crippen LogP contribution >= 0.6 is 0 Å². The molecule has 2 unspecified atom stereocenters. The second-order valence-corrected chi connectivity index (χ2v) is 4.68. The average Bonchev–Trinajstić information content (AvgIpc) is 2.41. The highest BCUT2D eigenvalue weighted by Crippen LogP contribution is 2.17. The van der Waals surface area contributed by atoms with Crippen LogP contribution < -0.4 is 10.2 Å². The minimum Gasteiger partial charge on any atom is -0.370 e. The standard InChI is InChI=1S/C13H19FN2/c1-10-7-8-16(9-11(2)15-10)13-5-3-12(14)4-6-13/h3-6,10-11,15H,7-9H2,1-2H3. The summed E-state index contributed by atoms with van der Waals surface area (Å²) in [7, 11) is 0. The SMILES string of the molecule is CC1CCN(c2ccc(F)cc2)CC(C)N1. The number of halogens is 1. The predicted molar refractivity (Wildman–Crippen MR) is 65.3 cm³/mol. The van der Waals surface area contributed by atoms with E-state index in [1.807, 2.05) is 12.1 Å². The second kappa shape index (κ2) is 4.83. The number of benzene rings is 1. The molecule has 1 aromatic rings. The van der Waals surface area contributed by atoms with E-state index in [9.17, 15) is 4.39 Å². The zero-order chi connectivity index (χ0) is 11.5. The molecule has 1 aliphatic rings. The normalized spacial score (nSPS) is 26.6. The molecule has 1 N–H and O–H groups in total. The van der Waals surface area contributed by atoms with Crippen LogP contribution in [0.5, 0.6) is 0 Å². The Kier molecular flexibility index (Phi) is 3.44. The van der Waals surface area contributed by atoms with Crippen LogP contribution in [0.3, 0.4) is 0 Å². The lowest BCUT2D eigenvalue weighted by atomic mass is 10.2. The zero-order valence-corrected chi connectivity index (χ0v) is 9.91. The number of nitrogens with zero attached hydrogens (tertiary/aromatic N) is 1. The lowest BCUT2D eigenvalue weighted by molar-refractivity contribution is 0.492. The zero-order valence-electron chi connectivity index (χ0n) is 9.91. The van der Waals surface area contributed by atoms with Gasteiger partial charge in [0.25, 0.3) is 0 Å². The van der Waals surface area contributed by atoms with E-state index in [0.29, 0.717) is 12.1 Å². The summed E-state index contributed by atoms with van der Waals surface area (Å²) in [6.07, 6.45) is 1.13. The molecule has 1 saturated heterocycles. The lowest BCUT2D eigenvalue weighted by Crippen LogP contribution is -2.37. The first kappa shape index (κ1) is 11.4. The summed E-state index contributed by atoms with van der Waals surface area (Å²) in [5.74, 6) is -0.168. The van der Waals surface area contributed by atoms with Crippen molar-refractivity contribution in [2.45, 2.75) is 32.4 Å². The number of nitrogens with one attached hydrogen (secondary N) is 1. The second-order valence-electron chi connectivity index (χ2n) is 4.68. The Morgan fingerprint density at radius 2 is 1.88 bits per heavy atom. The molecule has 2 rings (SSSR count). The highest BCUT2D eigenvalue weighted by molar-refractivity contribution is 5.46. The Labute approximate surface area is 96.5 Å². The Bertz CT molecular complexity index is 336. The monoisotopic (exact) mass is 222 g/mol. The molecule has 0 amide bonds. The van der Waals surface area contributed by atoms with Crippen molar-refractivity contribution < 1.29 is 4.39 Å². The molecular formula is C13H19FN2. The third-order valence-corrected chi connectivity index (χ3v) is 3.09. The molecule has 16 heavy (non-hydrogen) atoms. The maximum Gasteiger partial charge on any atom is 0.123 e. The molecule has 0 aromatic heterocycles. The van der Waals surface area contributed by atoms with Gasteiger partial charge in [-0.25, -0.2) is 4.39 Å². The summed E-state index contributed by atoms with van der Waals surface area (Å²) in [6.45, 7) is 6.42. The Balaban J connectivity index is 2.11. The molecule has 0 radical (unpaired) electrons. The van der Waals surface area contributed by atoms with Gasteiger partial charge in [-0.3, -0.25) is 0 Å². The fourth-order valence-electron chi connectivity index (χ4n) is 2.28. The number of rotatable bonds is 1. The van der Waals surface area contributed by atoms with Gasteiger partial charge in [0.15, 0.2) is 0 Å². The van der Waals surface area contributed by atoms with Crippen LogP contribution in [0, 0.1) is 5.82 Å². The molecule has 0 aliphatic carbocycles. The highest BCUT2D eigenvalue weighted by Gasteiger charge is 2.18. The van der Waals surface area contributed by atoms with Gasteiger partial charge in [0.05, 0.1) is 0 Å². The minimum absolute atomic E-state index is 0.168. The van der Waals surface area contributed by atoms with E-state index in [0.717, 1.165) is 25.2 Å². The van der Waals surface area contributed by atoms with Crippen molar-refractivity contribution >= 4 is 5.69 Å². The van der Waals surface area contributed by atoms with Crippen molar-refractivity contribution in [3.8, 4) is 0 Å². The molecular weight excluding hydrogens is 203 g/mol. The van der Waals surface area contributed by atoms with Crippen molar-refractivity contribution in [2.24, 2.45) is 0 Å². The molecule has 1 aliphatic heterocycles. The van der Waals surface area contributed by atoms with Gasteiger partial charge in [-0.05, 0) is 44.5 Å². The Morgan fingerprint density at radius 3 is 2.56 bits per heavy atom. The first-order chi connectivity index (χ1) is 7.65. The summed E-state index contributed by atoms with van der Waals surface area (Å²) in [4.78, 5) is 2.32. The van der Waals surface area contributed by atoms with Crippen LogP contribution in [0.25, 0.3) is 0 Å². The van der Waals surface area contributed by atoms with Gasteiger partial charge >= 0.3 is 0 Å². The Hall–Kier alpha value is -1.09. The van der Waals surface area contributed by atoms with Crippen LogP contribution in [0.1, 0.15) is 20.3 Å².